The van der Waals surface area contributed by atoms with Crippen molar-refractivity contribution < 1.29 is 29.4 Å². The fourth-order valence-corrected chi connectivity index (χ4v) is 1.93. The molecule has 13 nitrogen and oxygen atoms in total. The molecule has 0 aliphatic carbocycles. The fraction of sp³-hybridized carbons (Fsp3) is 0.667. The van der Waals surface area contributed by atoms with Gasteiger partial charge < -0.3 is 43.4 Å². The van der Waals surface area contributed by atoms with Gasteiger partial charge >= 0.3 is 5.97 Å². The van der Waals surface area contributed by atoms with Crippen molar-refractivity contribution in [1.29, 1.82) is 0 Å². The number of hydrogen-bond donors (Lipinski definition) is 8. The van der Waals surface area contributed by atoms with E-state index in [0.29, 0.717) is 6.42 Å². The second kappa shape index (κ2) is 12.5. The molecule has 0 aromatic heterocycles. The number of nitrogens with two attached hydrogens (primary N) is 3. The van der Waals surface area contributed by atoms with E-state index in [0.717, 1.165) is 0 Å². The zero-order chi connectivity index (χ0) is 21.9. The van der Waals surface area contributed by atoms with Crippen molar-refractivity contribution in [1.82, 2.24) is 16.0 Å². The molecule has 0 aliphatic rings. The summed E-state index contributed by atoms with van der Waals surface area (Å²) in [7, 11) is 0. The molecule has 0 aromatic rings. The molecular weight excluding hydrogens is 374 g/mol. The SMILES string of the molecule is CC(N)C(=O)NC(CO)C(=O)NC(C)C(=O)NC(CCCN=C(N)N)C(=O)O. The van der Waals surface area contributed by atoms with Gasteiger partial charge in [0.15, 0.2) is 5.96 Å². The average molecular weight is 403 g/mol. The Morgan fingerprint density at radius 3 is 2.00 bits per heavy atom. The number of carboxylic acid groups (broad SMARTS) is 1. The monoisotopic (exact) mass is 403 g/mol. The molecule has 28 heavy (non-hydrogen) atoms. The van der Waals surface area contributed by atoms with E-state index in [1.54, 1.807) is 0 Å². The molecule has 3 amide bonds. The van der Waals surface area contributed by atoms with Gasteiger partial charge in [0, 0.05) is 6.54 Å². The molecule has 0 spiro atoms. The number of guanidine groups is 1. The molecule has 0 saturated carbocycles. The van der Waals surface area contributed by atoms with Gasteiger partial charge in [0.1, 0.15) is 18.1 Å². The molecule has 0 aliphatic heterocycles. The molecule has 0 bridgehead atoms. The van der Waals surface area contributed by atoms with E-state index in [2.05, 4.69) is 20.9 Å². The highest BCUT2D eigenvalue weighted by Crippen LogP contribution is 2.00. The highest BCUT2D eigenvalue weighted by Gasteiger charge is 2.27. The van der Waals surface area contributed by atoms with Gasteiger partial charge in [0.2, 0.25) is 17.7 Å². The summed E-state index contributed by atoms with van der Waals surface area (Å²) in [6.45, 7) is 2.22. The Hall–Kier alpha value is -2.93. The molecule has 0 saturated heterocycles. The second-order valence-electron chi connectivity index (χ2n) is 6.11. The van der Waals surface area contributed by atoms with Gasteiger partial charge in [0.05, 0.1) is 12.6 Å². The summed E-state index contributed by atoms with van der Waals surface area (Å²) in [5.41, 5.74) is 15.7. The molecule has 4 atom stereocenters. The zero-order valence-electron chi connectivity index (χ0n) is 15.8. The van der Waals surface area contributed by atoms with E-state index in [1.807, 2.05) is 0 Å². The van der Waals surface area contributed by atoms with Gasteiger partial charge in [0.25, 0.3) is 0 Å². The Morgan fingerprint density at radius 1 is 0.964 bits per heavy atom. The quantitative estimate of drug-likeness (QED) is 0.0897. The van der Waals surface area contributed by atoms with Crippen LogP contribution in [0.3, 0.4) is 0 Å². The van der Waals surface area contributed by atoms with Crippen molar-refractivity contribution in [3.63, 3.8) is 0 Å². The maximum atomic E-state index is 12.1. The number of carbonyl (C=O) groups excluding carboxylic acids is 3. The molecule has 160 valence electrons. The van der Waals surface area contributed by atoms with Crippen LogP contribution in [0.15, 0.2) is 4.99 Å². The Kier molecular flexibility index (Phi) is 11.2. The lowest BCUT2D eigenvalue weighted by Crippen LogP contribution is -2.57. The van der Waals surface area contributed by atoms with Crippen LogP contribution >= 0.6 is 0 Å². The topological polar surface area (TPSA) is 235 Å². The number of hydrogen-bond acceptors (Lipinski definition) is 7. The number of nitrogens with one attached hydrogen (secondary N) is 3. The molecule has 0 aromatic carbocycles. The van der Waals surface area contributed by atoms with Gasteiger partial charge in [-0.05, 0) is 26.7 Å². The van der Waals surface area contributed by atoms with E-state index in [1.165, 1.54) is 13.8 Å². The smallest absolute Gasteiger partial charge is 0.326 e. The summed E-state index contributed by atoms with van der Waals surface area (Å²) in [5, 5.41) is 25.2. The summed E-state index contributed by atoms with van der Waals surface area (Å²) < 4.78 is 0. The summed E-state index contributed by atoms with van der Waals surface area (Å²) in [6.07, 6.45) is 0.383. The van der Waals surface area contributed by atoms with Gasteiger partial charge in [-0.25, -0.2) is 4.79 Å². The Labute approximate surface area is 162 Å². The summed E-state index contributed by atoms with van der Waals surface area (Å²) in [5.74, 6) is -3.61. The molecule has 0 heterocycles. The largest absolute Gasteiger partial charge is 0.480 e. The standard InChI is InChI=1S/C15H29N7O6/c1-7(16)11(24)22-10(6-23)13(26)20-8(2)12(25)21-9(14(27)28)4-3-5-19-15(17)18/h7-10,23H,3-6,16H2,1-2H3,(H,20,26)(H,21,25)(H,22,24)(H,27,28)(H4,17,18,19). The first-order valence-corrected chi connectivity index (χ1v) is 8.55. The zero-order valence-corrected chi connectivity index (χ0v) is 15.8. The molecule has 11 N–H and O–H groups in total. The van der Waals surface area contributed by atoms with Crippen LogP contribution in [0.4, 0.5) is 0 Å². The summed E-state index contributed by atoms with van der Waals surface area (Å²) in [6, 6.07) is -4.51. The number of carboxylic acids is 1. The lowest BCUT2D eigenvalue weighted by molar-refractivity contribution is -0.142. The lowest BCUT2D eigenvalue weighted by atomic mass is 10.1. The number of rotatable bonds is 12. The first-order chi connectivity index (χ1) is 13.0. The van der Waals surface area contributed by atoms with Crippen molar-refractivity contribution in [3.8, 4) is 0 Å². The molecule has 0 radical (unpaired) electrons. The van der Waals surface area contributed by atoms with Crippen molar-refractivity contribution in [2.24, 2.45) is 22.2 Å². The van der Waals surface area contributed by atoms with Crippen molar-refractivity contribution in [2.45, 2.75) is 50.9 Å². The van der Waals surface area contributed by atoms with Crippen LogP contribution in [-0.2, 0) is 19.2 Å². The average Bonchev–Trinajstić information content (AvgIpc) is 2.60. The van der Waals surface area contributed by atoms with E-state index < -0.39 is 54.5 Å². The van der Waals surface area contributed by atoms with Gasteiger partial charge in [-0.15, -0.1) is 0 Å². The van der Waals surface area contributed by atoms with Crippen molar-refractivity contribution >= 4 is 29.7 Å². The van der Waals surface area contributed by atoms with Crippen LogP contribution in [0.2, 0.25) is 0 Å². The summed E-state index contributed by atoms with van der Waals surface area (Å²) >= 11 is 0. The Bertz CT molecular complexity index is 591. The first-order valence-electron chi connectivity index (χ1n) is 8.55. The van der Waals surface area contributed by atoms with Gasteiger partial charge in [-0.3, -0.25) is 19.4 Å². The lowest BCUT2D eigenvalue weighted by Gasteiger charge is -2.22. The van der Waals surface area contributed by atoms with Crippen LogP contribution in [0.5, 0.6) is 0 Å². The fourth-order valence-electron chi connectivity index (χ4n) is 1.93. The Morgan fingerprint density at radius 2 is 1.54 bits per heavy atom. The van der Waals surface area contributed by atoms with Gasteiger partial charge in [-0.2, -0.15) is 0 Å². The third-order valence-corrected chi connectivity index (χ3v) is 3.54. The van der Waals surface area contributed by atoms with E-state index in [-0.39, 0.29) is 18.9 Å². The first kappa shape index (κ1) is 25.1. The minimum atomic E-state index is -1.30. The van der Waals surface area contributed by atoms with Gasteiger partial charge in [-0.1, -0.05) is 0 Å². The van der Waals surface area contributed by atoms with Crippen molar-refractivity contribution in [2.75, 3.05) is 13.2 Å². The number of amides is 3. The number of aliphatic hydroxyl groups is 1. The predicted octanol–water partition coefficient (Wildman–Crippen LogP) is -4.06. The van der Waals surface area contributed by atoms with Crippen molar-refractivity contribution in [3.05, 3.63) is 0 Å². The van der Waals surface area contributed by atoms with Crippen LogP contribution in [0.1, 0.15) is 26.7 Å². The maximum Gasteiger partial charge on any atom is 0.326 e. The van der Waals surface area contributed by atoms with Crippen LogP contribution in [0, 0.1) is 0 Å². The van der Waals surface area contributed by atoms with Crippen LogP contribution in [-0.4, -0.2) is 77.2 Å². The minimum Gasteiger partial charge on any atom is -0.480 e. The Balaban J connectivity index is 4.71. The predicted molar refractivity (Wildman–Crippen MR) is 99.7 cm³/mol. The number of aliphatic hydroxyl groups excluding tert-OH is 1. The number of nitrogens with zero attached hydrogens (tertiary/aromatic N) is 1. The molecule has 4 unspecified atom stereocenters. The normalized spacial score (nSPS) is 14.7. The van der Waals surface area contributed by atoms with E-state index in [9.17, 15) is 29.4 Å². The molecular formula is C15H29N7O6. The minimum absolute atomic E-state index is 0.0717. The van der Waals surface area contributed by atoms with Crippen LogP contribution < -0.4 is 33.2 Å². The number of aliphatic carboxylic acids is 1. The highest BCUT2D eigenvalue weighted by atomic mass is 16.4. The molecule has 0 rings (SSSR count). The number of carbonyl (C=O) groups is 4. The third-order valence-electron chi connectivity index (χ3n) is 3.54. The van der Waals surface area contributed by atoms with E-state index in [4.69, 9.17) is 17.2 Å². The molecule has 0 fully saturated rings. The third kappa shape index (κ3) is 9.68. The second-order valence-corrected chi connectivity index (χ2v) is 6.11. The molecule has 13 heteroatoms. The summed E-state index contributed by atoms with van der Waals surface area (Å²) in [4.78, 5) is 50.7. The van der Waals surface area contributed by atoms with Crippen LogP contribution in [0.25, 0.3) is 0 Å². The highest BCUT2D eigenvalue weighted by molar-refractivity contribution is 5.93. The van der Waals surface area contributed by atoms with E-state index >= 15 is 0 Å². The number of aliphatic imine (C=N–C) groups is 1. The maximum absolute atomic E-state index is 12.1.